The van der Waals surface area contributed by atoms with E-state index in [1.807, 2.05) is 12.1 Å². The maximum absolute atomic E-state index is 11.6. The molecule has 0 spiro atoms. The number of aromatic nitrogens is 1. The zero-order valence-corrected chi connectivity index (χ0v) is 15.6. The summed E-state index contributed by atoms with van der Waals surface area (Å²) in [6.07, 6.45) is 2.20. The highest BCUT2D eigenvalue weighted by Gasteiger charge is 2.18. The van der Waals surface area contributed by atoms with E-state index in [0.717, 1.165) is 73.0 Å². The fourth-order valence-electron chi connectivity index (χ4n) is 3.76. The van der Waals surface area contributed by atoms with Crippen LogP contribution in [0, 0.1) is 5.92 Å². The largest absolute Gasteiger partial charge is 0.383 e. The summed E-state index contributed by atoms with van der Waals surface area (Å²) >= 11 is 6.33. The number of aromatic amines is 1. The molecule has 2 fully saturated rings. The molecule has 2 aromatic rings. The van der Waals surface area contributed by atoms with Gasteiger partial charge in [0, 0.05) is 55.5 Å². The molecule has 2 aliphatic rings. The van der Waals surface area contributed by atoms with E-state index >= 15 is 0 Å². The molecule has 2 saturated heterocycles. The van der Waals surface area contributed by atoms with Crippen LogP contribution in [0.25, 0.3) is 10.9 Å². The Morgan fingerprint density at radius 1 is 1.27 bits per heavy atom. The monoisotopic (exact) mass is 376 g/mol. The minimum absolute atomic E-state index is 0.0919. The van der Waals surface area contributed by atoms with Gasteiger partial charge in [-0.2, -0.15) is 0 Å². The maximum Gasteiger partial charge on any atom is 0.234 e. The van der Waals surface area contributed by atoms with E-state index in [0.29, 0.717) is 19.0 Å². The molecule has 6 nitrogen and oxygen atoms in total. The van der Waals surface area contributed by atoms with Crippen molar-refractivity contribution in [2.45, 2.75) is 19.4 Å². The summed E-state index contributed by atoms with van der Waals surface area (Å²) in [7, 11) is 0. The maximum atomic E-state index is 11.6. The minimum Gasteiger partial charge on any atom is -0.383 e. The van der Waals surface area contributed by atoms with Gasteiger partial charge in [-0.05, 0) is 37.0 Å². The predicted molar refractivity (Wildman–Crippen MR) is 104 cm³/mol. The molecule has 0 atom stereocenters. The smallest absolute Gasteiger partial charge is 0.234 e. The van der Waals surface area contributed by atoms with Crippen molar-refractivity contribution >= 4 is 34.1 Å². The van der Waals surface area contributed by atoms with Gasteiger partial charge in [-0.25, -0.2) is 0 Å². The zero-order valence-electron chi connectivity index (χ0n) is 14.8. The van der Waals surface area contributed by atoms with E-state index in [1.54, 1.807) is 0 Å². The van der Waals surface area contributed by atoms with Crippen molar-refractivity contribution in [2.75, 3.05) is 44.7 Å². The van der Waals surface area contributed by atoms with E-state index in [9.17, 15) is 4.79 Å². The quantitative estimate of drug-likeness (QED) is 0.750. The van der Waals surface area contributed by atoms with Crippen molar-refractivity contribution in [3.05, 3.63) is 28.9 Å². The van der Waals surface area contributed by atoms with E-state index in [4.69, 9.17) is 16.3 Å². The summed E-state index contributed by atoms with van der Waals surface area (Å²) in [4.78, 5) is 17.2. The zero-order chi connectivity index (χ0) is 17.9. The Kier molecular flexibility index (Phi) is 5.33. The van der Waals surface area contributed by atoms with Gasteiger partial charge in [0.15, 0.2) is 0 Å². The second-order valence-corrected chi connectivity index (χ2v) is 7.65. The SMILES string of the molecule is O=C1CN(Cc2cc3cc(Cl)cc(NCC4CCOCC4)c3[nH]2)CCN1. The Labute approximate surface area is 158 Å². The predicted octanol–water partition coefficient (Wildman–Crippen LogP) is 2.59. The molecule has 3 N–H and O–H groups in total. The lowest BCUT2D eigenvalue weighted by molar-refractivity contribution is -0.124. The second-order valence-electron chi connectivity index (χ2n) is 7.21. The van der Waals surface area contributed by atoms with Gasteiger partial charge in [-0.1, -0.05) is 11.6 Å². The molecule has 7 heteroatoms. The molecule has 1 aromatic carbocycles. The van der Waals surface area contributed by atoms with Crippen LogP contribution in [0.1, 0.15) is 18.5 Å². The fourth-order valence-corrected chi connectivity index (χ4v) is 3.99. The Balaban J connectivity index is 1.49. The van der Waals surface area contributed by atoms with Crippen LogP contribution in [-0.2, 0) is 16.1 Å². The van der Waals surface area contributed by atoms with Gasteiger partial charge in [0.2, 0.25) is 5.91 Å². The lowest BCUT2D eigenvalue weighted by atomic mass is 10.0. The van der Waals surface area contributed by atoms with E-state index in [-0.39, 0.29) is 5.91 Å². The Bertz CT molecular complexity index is 785. The van der Waals surface area contributed by atoms with Gasteiger partial charge < -0.3 is 20.4 Å². The number of piperazine rings is 1. The Hall–Kier alpha value is -1.76. The Morgan fingerprint density at radius 3 is 2.92 bits per heavy atom. The van der Waals surface area contributed by atoms with Crippen molar-refractivity contribution in [1.29, 1.82) is 0 Å². The standard InChI is InChI=1S/C19H25ClN4O2/c20-15-7-14-8-16(11-24-4-3-21-18(25)12-24)23-19(14)17(9-15)22-10-13-1-5-26-6-2-13/h7-9,13,22-23H,1-6,10-12H2,(H,21,25). The molecule has 0 radical (unpaired) electrons. The van der Waals surface area contributed by atoms with Crippen molar-refractivity contribution in [3.63, 3.8) is 0 Å². The van der Waals surface area contributed by atoms with Gasteiger partial charge in [0.1, 0.15) is 0 Å². The van der Waals surface area contributed by atoms with Crippen molar-refractivity contribution in [1.82, 2.24) is 15.2 Å². The van der Waals surface area contributed by atoms with Gasteiger partial charge in [-0.3, -0.25) is 9.69 Å². The lowest BCUT2D eigenvalue weighted by Crippen LogP contribution is -2.47. The van der Waals surface area contributed by atoms with Crippen LogP contribution in [-0.4, -0.2) is 55.2 Å². The number of anilines is 1. The first-order valence-electron chi connectivity index (χ1n) is 9.29. The average molecular weight is 377 g/mol. The van der Waals surface area contributed by atoms with Crippen LogP contribution in [0.5, 0.6) is 0 Å². The number of ether oxygens (including phenoxy) is 1. The van der Waals surface area contributed by atoms with Gasteiger partial charge >= 0.3 is 0 Å². The lowest BCUT2D eigenvalue weighted by Gasteiger charge is -2.25. The highest BCUT2D eigenvalue weighted by molar-refractivity contribution is 6.31. The summed E-state index contributed by atoms with van der Waals surface area (Å²) < 4.78 is 5.44. The molecule has 4 rings (SSSR count). The number of halogens is 1. The van der Waals surface area contributed by atoms with Crippen LogP contribution >= 0.6 is 11.6 Å². The third kappa shape index (κ3) is 4.14. The first-order chi connectivity index (χ1) is 12.7. The molecule has 0 saturated carbocycles. The van der Waals surface area contributed by atoms with Gasteiger partial charge in [-0.15, -0.1) is 0 Å². The summed E-state index contributed by atoms with van der Waals surface area (Å²) in [6, 6.07) is 6.10. The third-order valence-corrected chi connectivity index (χ3v) is 5.40. The summed E-state index contributed by atoms with van der Waals surface area (Å²) in [5.74, 6) is 0.730. The summed E-state index contributed by atoms with van der Waals surface area (Å²) in [5.41, 5.74) is 3.23. The summed E-state index contributed by atoms with van der Waals surface area (Å²) in [5, 5.41) is 8.27. The van der Waals surface area contributed by atoms with Crippen molar-refractivity contribution < 1.29 is 9.53 Å². The van der Waals surface area contributed by atoms with E-state index < -0.39 is 0 Å². The van der Waals surface area contributed by atoms with Crippen molar-refractivity contribution in [2.24, 2.45) is 5.92 Å². The highest BCUT2D eigenvalue weighted by atomic mass is 35.5. The highest BCUT2D eigenvalue weighted by Crippen LogP contribution is 2.29. The number of fused-ring (bicyclic) bond motifs is 1. The fraction of sp³-hybridized carbons (Fsp3) is 0.526. The van der Waals surface area contributed by atoms with Gasteiger partial charge in [0.05, 0.1) is 17.7 Å². The molecule has 26 heavy (non-hydrogen) atoms. The van der Waals surface area contributed by atoms with Crippen LogP contribution in [0.3, 0.4) is 0 Å². The topological polar surface area (TPSA) is 69.4 Å². The van der Waals surface area contributed by atoms with E-state index in [1.165, 1.54) is 0 Å². The number of rotatable bonds is 5. The average Bonchev–Trinajstić information content (AvgIpc) is 3.02. The number of amides is 1. The number of H-pyrrole nitrogens is 1. The summed E-state index contributed by atoms with van der Waals surface area (Å²) in [6.45, 7) is 5.41. The van der Waals surface area contributed by atoms with Crippen LogP contribution in [0.2, 0.25) is 5.02 Å². The van der Waals surface area contributed by atoms with Crippen molar-refractivity contribution in [3.8, 4) is 0 Å². The first kappa shape index (κ1) is 17.6. The molecule has 1 aromatic heterocycles. The number of nitrogens with zero attached hydrogens (tertiary/aromatic N) is 1. The number of carbonyl (C=O) groups excluding carboxylic acids is 1. The van der Waals surface area contributed by atoms with Crippen LogP contribution in [0.4, 0.5) is 5.69 Å². The minimum atomic E-state index is 0.0919. The molecule has 2 aliphatic heterocycles. The van der Waals surface area contributed by atoms with Crippen LogP contribution in [0.15, 0.2) is 18.2 Å². The number of hydrogen-bond acceptors (Lipinski definition) is 4. The van der Waals surface area contributed by atoms with Gasteiger partial charge in [0.25, 0.3) is 0 Å². The normalized spacial score (nSPS) is 19.7. The third-order valence-electron chi connectivity index (χ3n) is 5.18. The molecule has 0 bridgehead atoms. The molecule has 140 valence electrons. The molecular weight excluding hydrogens is 352 g/mol. The number of benzene rings is 1. The molecular formula is C19H25ClN4O2. The van der Waals surface area contributed by atoms with E-state index in [2.05, 4.69) is 26.6 Å². The molecule has 3 heterocycles. The number of hydrogen-bond donors (Lipinski definition) is 3. The van der Waals surface area contributed by atoms with Crippen LogP contribution < -0.4 is 10.6 Å². The Morgan fingerprint density at radius 2 is 2.12 bits per heavy atom. The first-order valence-corrected chi connectivity index (χ1v) is 9.67. The molecule has 0 aliphatic carbocycles. The number of carbonyl (C=O) groups is 1. The molecule has 1 amide bonds. The second kappa shape index (κ2) is 7.86. The molecule has 0 unspecified atom stereocenters. The number of nitrogens with one attached hydrogen (secondary N) is 3.